The predicted molar refractivity (Wildman–Crippen MR) is 119 cm³/mol. The van der Waals surface area contributed by atoms with Gasteiger partial charge >= 0.3 is 5.97 Å². The van der Waals surface area contributed by atoms with Crippen LogP contribution in [0.2, 0.25) is 0 Å². The van der Waals surface area contributed by atoms with Crippen molar-refractivity contribution in [1.29, 1.82) is 0 Å². The van der Waals surface area contributed by atoms with Crippen LogP contribution in [0.25, 0.3) is 5.76 Å². The van der Waals surface area contributed by atoms with E-state index in [1.54, 1.807) is 60.7 Å². The highest BCUT2D eigenvalue weighted by Gasteiger charge is 2.39. The van der Waals surface area contributed by atoms with Gasteiger partial charge in [-0.15, -0.1) is 0 Å². The second kappa shape index (κ2) is 7.72. The molecule has 0 spiro atoms. The highest BCUT2D eigenvalue weighted by atomic mass is 16.5. The Kier molecular flexibility index (Phi) is 4.71. The summed E-state index contributed by atoms with van der Waals surface area (Å²) >= 11 is 0. The lowest BCUT2D eigenvalue weighted by atomic mass is 9.92. The van der Waals surface area contributed by atoms with Crippen molar-refractivity contribution in [1.82, 2.24) is 0 Å². The molecule has 0 saturated carbocycles. The quantitative estimate of drug-likeness (QED) is 0.584. The molecule has 3 aromatic carbocycles. The van der Waals surface area contributed by atoms with Gasteiger partial charge in [0, 0.05) is 22.3 Å². The molecule has 2 N–H and O–H groups in total. The van der Waals surface area contributed by atoms with Gasteiger partial charge in [0.25, 0.3) is 0 Å². The summed E-state index contributed by atoms with van der Waals surface area (Å²) in [5, 5.41) is 21.1. The molecule has 0 amide bonds. The number of hydrogen-bond donors (Lipinski definition) is 2. The lowest BCUT2D eigenvalue weighted by Gasteiger charge is -2.17. The molecule has 5 rings (SSSR count). The van der Waals surface area contributed by atoms with E-state index in [2.05, 4.69) is 4.99 Å². The molecular weight excluding hydrogens is 422 g/mol. The van der Waals surface area contributed by atoms with Crippen molar-refractivity contribution in [3.63, 3.8) is 0 Å². The van der Waals surface area contributed by atoms with Crippen LogP contribution in [-0.2, 0) is 9.53 Å². The maximum Gasteiger partial charge on any atom is 0.349 e. The van der Waals surface area contributed by atoms with Crippen LogP contribution in [0.15, 0.2) is 101 Å². The van der Waals surface area contributed by atoms with Crippen molar-refractivity contribution in [2.24, 2.45) is 4.99 Å². The molecule has 0 heterocycles. The zero-order valence-corrected chi connectivity index (χ0v) is 17.0. The van der Waals surface area contributed by atoms with E-state index in [1.165, 1.54) is 12.1 Å². The molecule has 0 bridgehead atoms. The fraction of sp³-hybridized carbons (Fsp3) is 0. The van der Waals surface area contributed by atoms with E-state index in [-0.39, 0.29) is 28.2 Å². The molecule has 0 fully saturated rings. The molecule has 2 aliphatic rings. The summed E-state index contributed by atoms with van der Waals surface area (Å²) in [4.78, 5) is 43.0. The van der Waals surface area contributed by atoms with Crippen LogP contribution in [0.4, 0.5) is 5.69 Å². The van der Waals surface area contributed by atoms with Crippen LogP contribution in [0.1, 0.15) is 31.8 Å². The molecule has 3 aromatic rings. The van der Waals surface area contributed by atoms with Crippen LogP contribution in [0, 0.1) is 0 Å². The van der Waals surface area contributed by atoms with Gasteiger partial charge < -0.3 is 14.9 Å². The third-order valence-electron chi connectivity index (χ3n) is 5.36. The van der Waals surface area contributed by atoms with Gasteiger partial charge in [-0.3, -0.25) is 9.59 Å². The first-order chi connectivity index (χ1) is 16.0. The number of aliphatic imine (C=N–C) groups is 1. The van der Waals surface area contributed by atoms with Crippen molar-refractivity contribution in [2.75, 3.05) is 0 Å². The number of carbonyl (C=O) groups excluding carboxylic acids is 3. The largest absolute Gasteiger partial charge is 0.506 e. The zero-order chi connectivity index (χ0) is 23.1. The van der Waals surface area contributed by atoms with Gasteiger partial charge in [0.2, 0.25) is 23.1 Å². The molecular formula is C26H15NO6. The normalized spacial score (nSPS) is 16.2. The number of ketones is 2. The molecule has 0 aliphatic heterocycles. The number of esters is 1. The number of allylic oxidation sites excluding steroid dienone is 2. The second-order valence-corrected chi connectivity index (χ2v) is 7.34. The van der Waals surface area contributed by atoms with Gasteiger partial charge in [-0.05, 0) is 12.1 Å². The van der Waals surface area contributed by atoms with Crippen molar-refractivity contribution >= 4 is 34.7 Å². The summed E-state index contributed by atoms with van der Waals surface area (Å²) in [7, 11) is 0. The van der Waals surface area contributed by atoms with Gasteiger partial charge in [0.05, 0.1) is 11.4 Å². The molecule has 160 valence electrons. The predicted octanol–water partition coefficient (Wildman–Crippen LogP) is 4.48. The van der Waals surface area contributed by atoms with Crippen LogP contribution >= 0.6 is 0 Å². The number of para-hydroxylation sites is 1. The van der Waals surface area contributed by atoms with Gasteiger partial charge in [-0.1, -0.05) is 66.7 Å². The third-order valence-corrected chi connectivity index (χ3v) is 5.36. The van der Waals surface area contributed by atoms with Gasteiger partial charge in [-0.25, -0.2) is 9.79 Å². The molecule has 2 aliphatic carbocycles. The fourth-order valence-corrected chi connectivity index (χ4v) is 3.80. The monoisotopic (exact) mass is 437 g/mol. The minimum atomic E-state index is -1.12. The number of benzene rings is 3. The number of aliphatic hydroxyl groups excluding tert-OH is 2. The maximum absolute atomic E-state index is 13.2. The number of Topliss-reactive ketones (excluding diaryl/α,β-unsaturated/α-hetero) is 2. The van der Waals surface area contributed by atoms with Crippen molar-refractivity contribution in [3.05, 3.63) is 118 Å². The van der Waals surface area contributed by atoms with E-state index >= 15 is 0 Å². The van der Waals surface area contributed by atoms with Gasteiger partial charge in [0.1, 0.15) is 11.3 Å². The third kappa shape index (κ3) is 3.23. The first-order valence-corrected chi connectivity index (χ1v) is 9.98. The summed E-state index contributed by atoms with van der Waals surface area (Å²) in [5.74, 6) is -4.91. The molecule has 7 nitrogen and oxygen atoms in total. The van der Waals surface area contributed by atoms with Crippen LogP contribution < -0.4 is 0 Å². The summed E-state index contributed by atoms with van der Waals surface area (Å²) in [6.45, 7) is 0. The van der Waals surface area contributed by atoms with Crippen molar-refractivity contribution < 1.29 is 29.3 Å². The minimum absolute atomic E-state index is 0.00851. The lowest BCUT2D eigenvalue weighted by Crippen LogP contribution is -2.26. The highest BCUT2D eigenvalue weighted by molar-refractivity contribution is 6.36. The molecule has 7 heteroatoms. The Bertz CT molecular complexity index is 1450. The Hall–Kier alpha value is -4.78. The summed E-state index contributed by atoms with van der Waals surface area (Å²) in [5.41, 5.74) is 1.29. The first kappa shape index (κ1) is 20.1. The zero-order valence-electron chi connectivity index (χ0n) is 17.0. The number of rotatable bonds is 3. The van der Waals surface area contributed by atoms with E-state index in [0.717, 1.165) is 0 Å². The Morgan fingerprint density at radius 2 is 1.21 bits per heavy atom. The Morgan fingerprint density at radius 1 is 0.667 bits per heavy atom. The average Bonchev–Trinajstić information content (AvgIpc) is 3.12. The summed E-state index contributed by atoms with van der Waals surface area (Å²) in [6.07, 6.45) is 0. The molecule has 0 aromatic heterocycles. The molecule has 0 saturated heterocycles. The van der Waals surface area contributed by atoms with Crippen LogP contribution in [-0.4, -0.2) is 33.5 Å². The number of nitrogens with zero attached hydrogens (tertiary/aromatic N) is 1. The molecule has 0 radical (unpaired) electrons. The Labute approximate surface area is 187 Å². The summed E-state index contributed by atoms with van der Waals surface area (Å²) < 4.78 is 5.22. The topological polar surface area (TPSA) is 113 Å². The standard InChI is InChI=1S/C26H15NO6/c28-21-16-11-5-4-10-15(16)20(27-14-8-2-1-3-9-14)19(21)26(32)33-25-23(30)18-13-7-6-12-17(18)22(29)24(25)31/h1-13,28,31H. The number of fused-ring (bicyclic) bond motifs is 2. The van der Waals surface area contributed by atoms with E-state index in [1.807, 2.05) is 6.07 Å². The lowest BCUT2D eigenvalue weighted by molar-refractivity contribution is -0.134. The van der Waals surface area contributed by atoms with Crippen LogP contribution in [0.5, 0.6) is 0 Å². The van der Waals surface area contributed by atoms with Gasteiger partial charge in [-0.2, -0.15) is 0 Å². The molecule has 0 atom stereocenters. The van der Waals surface area contributed by atoms with E-state index in [0.29, 0.717) is 16.8 Å². The minimum Gasteiger partial charge on any atom is -0.506 e. The molecule has 0 unspecified atom stereocenters. The maximum atomic E-state index is 13.2. The Balaban J connectivity index is 1.57. The smallest absolute Gasteiger partial charge is 0.349 e. The number of carbonyl (C=O) groups is 3. The number of aliphatic hydroxyl groups is 2. The second-order valence-electron chi connectivity index (χ2n) is 7.34. The fourth-order valence-electron chi connectivity index (χ4n) is 3.80. The van der Waals surface area contributed by atoms with E-state index in [4.69, 9.17) is 4.74 Å². The van der Waals surface area contributed by atoms with Gasteiger partial charge in [0.15, 0.2) is 0 Å². The number of ether oxygens (including phenoxy) is 1. The molecule has 33 heavy (non-hydrogen) atoms. The SMILES string of the molecule is O=C(OC1=C(O)C(=O)c2ccccc2C1=O)C1=C(O)c2ccccc2C1=Nc1ccccc1. The average molecular weight is 437 g/mol. The van der Waals surface area contributed by atoms with Crippen molar-refractivity contribution in [2.45, 2.75) is 0 Å². The van der Waals surface area contributed by atoms with Crippen molar-refractivity contribution in [3.8, 4) is 0 Å². The Morgan fingerprint density at radius 3 is 1.88 bits per heavy atom. The van der Waals surface area contributed by atoms with Crippen LogP contribution in [0.3, 0.4) is 0 Å². The van der Waals surface area contributed by atoms with E-state index < -0.39 is 29.1 Å². The van der Waals surface area contributed by atoms with E-state index in [9.17, 15) is 24.6 Å². The highest BCUT2D eigenvalue weighted by Crippen LogP contribution is 2.35. The number of hydrogen-bond acceptors (Lipinski definition) is 7. The summed E-state index contributed by atoms with van der Waals surface area (Å²) in [6, 6.07) is 21.5. The first-order valence-electron chi connectivity index (χ1n) is 9.98.